The van der Waals surface area contributed by atoms with Crippen LogP contribution in [0.25, 0.3) is 133 Å². The quantitative estimate of drug-likeness (QED) is 0.135. The Labute approximate surface area is 429 Å². The SMILES string of the molecule is c1ccc(-c2c3ccc(-c4ccccc4-c4ccc5c(c4)nc(-c4ccccc4)n5-c4ccccc4)cc3c(-c3ccccc3)c3ccc(-c4ccc5c(c4)nc(-c4ccccc4)n5-c4ccccc4)cc23)cc1. The smallest absolute Gasteiger partial charge is 0.145 e. The zero-order chi connectivity index (χ0) is 49.0. The largest absolute Gasteiger partial charge is 0.292 e. The summed E-state index contributed by atoms with van der Waals surface area (Å²) >= 11 is 0. The third-order valence-electron chi connectivity index (χ3n) is 14.5. The van der Waals surface area contributed by atoms with E-state index in [1.807, 2.05) is 0 Å². The van der Waals surface area contributed by atoms with Crippen LogP contribution in [0.2, 0.25) is 0 Å². The summed E-state index contributed by atoms with van der Waals surface area (Å²) in [5, 5.41) is 4.80. The molecule has 0 amide bonds. The summed E-state index contributed by atoms with van der Waals surface area (Å²) in [5.41, 5.74) is 20.0. The van der Waals surface area contributed by atoms with Crippen LogP contribution in [-0.4, -0.2) is 19.1 Å². The second-order valence-corrected chi connectivity index (χ2v) is 18.9. The predicted octanol–water partition coefficient (Wildman–Crippen LogP) is 18.3. The molecule has 0 aliphatic heterocycles. The van der Waals surface area contributed by atoms with Crippen molar-refractivity contribution in [3.8, 4) is 89.8 Å². The molecule has 12 aromatic carbocycles. The van der Waals surface area contributed by atoms with Crippen molar-refractivity contribution in [1.29, 1.82) is 0 Å². The molecule has 0 unspecified atom stereocenters. The van der Waals surface area contributed by atoms with Crippen LogP contribution in [0.15, 0.2) is 279 Å². The second kappa shape index (κ2) is 18.1. The lowest BCUT2D eigenvalue weighted by Crippen LogP contribution is -1.97. The van der Waals surface area contributed by atoms with Crippen molar-refractivity contribution in [2.24, 2.45) is 0 Å². The minimum Gasteiger partial charge on any atom is -0.292 e. The van der Waals surface area contributed by atoms with E-state index in [9.17, 15) is 0 Å². The Kier molecular flexibility index (Phi) is 10.5. The highest BCUT2D eigenvalue weighted by molar-refractivity contribution is 6.22. The van der Waals surface area contributed by atoms with E-state index < -0.39 is 0 Å². The Hall–Kier alpha value is -9.90. The molecule has 0 N–H and O–H groups in total. The minimum absolute atomic E-state index is 0.919. The van der Waals surface area contributed by atoms with E-state index >= 15 is 0 Å². The lowest BCUT2D eigenvalue weighted by atomic mass is 9.83. The van der Waals surface area contributed by atoms with Crippen LogP contribution in [0.5, 0.6) is 0 Å². The van der Waals surface area contributed by atoms with E-state index in [1.165, 1.54) is 43.8 Å². The number of hydrogen-bond acceptors (Lipinski definition) is 2. The molecule has 0 fully saturated rings. The average molecular weight is 943 g/mol. The van der Waals surface area contributed by atoms with E-state index in [-0.39, 0.29) is 0 Å². The molecule has 2 aromatic heterocycles. The van der Waals surface area contributed by atoms with Gasteiger partial charge < -0.3 is 0 Å². The molecule has 14 rings (SSSR count). The number of rotatable bonds is 9. The molecule has 0 saturated heterocycles. The first-order valence-electron chi connectivity index (χ1n) is 25.2. The highest BCUT2D eigenvalue weighted by Gasteiger charge is 2.22. The van der Waals surface area contributed by atoms with Gasteiger partial charge in [0.2, 0.25) is 0 Å². The van der Waals surface area contributed by atoms with Crippen molar-refractivity contribution in [2.45, 2.75) is 0 Å². The fraction of sp³-hybridized carbons (Fsp3) is 0. The first kappa shape index (κ1) is 42.9. The van der Waals surface area contributed by atoms with Gasteiger partial charge in [-0.25, -0.2) is 9.97 Å². The molecule has 0 spiro atoms. The standard InChI is InChI=1S/C70H46N4/c1-7-21-47(22-8-1)67-60-40-36-53(57-33-19-20-34-58(57)54-38-42-66-64(46-54)72-70(50-27-13-4-14-28-50)74(66)56-31-17-6-18-32-56)44-62(60)68(48-23-9-2-10-24-48)59-39-35-51(43-61(59)67)52-37-41-65-63(45-52)71-69(49-25-11-3-12-26-49)73(65)55-29-15-5-16-30-55/h1-46H. The van der Waals surface area contributed by atoms with Crippen molar-refractivity contribution in [2.75, 3.05) is 0 Å². The van der Waals surface area contributed by atoms with Gasteiger partial charge in [0, 0.05) is 22.5 Å². The van der Waals surface area contributed by atoms with Crippen molar-refractivity contribution >= 4 is 43.6 Å². The summed E-state index contributed by atoms with van der Waals surface area (Å²) in [5.74, 6) is 1.84. The van der Waals surface area contributed by atoms with E-state index in [0.29, 0.717) is 0 Å². The van der Waals surface area contributed by atoms with Crippen molar-refractivity contribution in [1.82, 2.24) is 19.1 Å². The van der Waals surface area contributed by atoms with E-state index in [2.05, 4.69) is 288 Å². The number of para-hydroxylation sites is 2. The van der Waals surface area contributed by atoms with Crippen LogP contribution < -0.4 is 0 Å². The third-order valence-corrected chi connectivity index (χ3v) is 14.5. The highest BCUT2D eigenvalue weighted by Crippen LogP contribution is 2.47. The van der Waals surface area contributed by atoms with Crippen molar-refractivity contribution < 1.29 is 0 Å². The Morgan fingerprint density at radius 1 is 0.230 bits per heavy atom. The molecule has 0 radical (unpaired) electrons. The average Bonchev–Trinajstić information content (AvgIpc) is 4.07. The number of nitrogens with zero attached hydrogens (tertiary/aromatic N) is 4. The zero-order valence-electron chi connectivity index (χ0n) is 40.3. The highest BCUT2D eigenvalue weighted by atomic mass is 15.1. The summed E-state index contributed by atoms with van der Waals surface area (Å²) < 4.78 is 4.54. The van der Waals surface area contributed by atoms with E-state index in [4.69, 9.17) is 9.97 Å². The molecule has 0 atom stereocenters. The van der Waals surface area contributed by atoms with Crippen LogP contribution in [0.1, 0.15) is 0 Å². The maximum absolute atomic E-state index is 5.33. The molecular weight excluding hydrogens is 897 g/mol. The van der Waals surface area contributed by atoms with E-state index in [1.54, 1.807) is 0 Å². The van der Waals surface area contributed by atoms with Gasteiger partial charge in [-0.1, -0.05) is 218 Å². The van der Waals surface area contributed by atoms with Gasteiger partial charge in [-0.3, -0.25) is 9.13 Å². The summed E-state index contributed by atoms with van der Waals surface area (Å²) in [4.78, 5) is 10.7. The molecule has 0 saturated carbocycles. The van der Waals surface area contributed by atoms with Crippen LogP contribution in [-0.2, 0) is 0 Å². The molecule has 4 nitrogen and oxygen atoms in total. The number of aromatic nitrogens is 4. The maximum atomic E-state index is 5.33. The first-order chi connectivity index (χ1) is 36.7. The lowest BCUT2D eigenvalue weighted by molar-refractivity contribution is 1.10. The molecule has 74 heavy (non-hydrogen) atoms. The fourth-order valence-electron chi connectivity index (χ4n) is 11.1. The summed E-state index contributed by atoms with van der Waals surface area (Å²) in [6.45, 7) is 0. The van der Waals surface area contributed by atoms with Crippen LogP contribution in [0, 0.1) is 0 Å². The molecular formula is C70H46N4. The number of benzene rings is 12. The number of hydrogen-bond donors (Lipinski definition) is 0. The molecule has 346 valence electrons. The Bertz CT molecular complexity index is 4370. The number of imidazole rings is 2. The molecule has 0 aliphatic rings. The lowest BCUT2D eigenvalue weighted by Gasteiger charge is -2.20. The summed E-state index contributed by atoms with van der Waals surface area (Å²) in [6, 6.07) is 100. The Morgan fingerprint density at radius 2 is 0.554 bits per heavy atom. The number of fused-ring (bicyclic) bond motifs is 4. The second-order valence-electron chi connectivity index (χ2n) is 18.9. The Morgan fingerprint density at radius 3 is 1.01 bits per heavy atom. The van der Waals surface area contributed by atoms with Gasteiger partial charge in [-0.2, -0.15) is 0 Å². The monoisotopic (exact) mass is 942 g/mol. The van der Waals surface area contributed by atoms with Gasteiger partial charge in [-0.15, -0.1) is 0 Å². The van der Waals surface area contributed by atoms with Crippen molar-refractivity contribution in [3.63, 3.8) is 0 Å². The predicted molar refractivity (Wildman–Crippen MR) is 309 cm³/mol. The first-order valence-corrected chi connectivity index (χ1v) is 25.2. The van der Waals surface area contributed by atoms with Gasteiger partial charge in [0.25, 0.3) is 0 Å². The molecule has 14 aromatic rings. The fourth-order valence-corrected chi connectivity index (χ4v) is 11.1. The van der Waals surface area contributed by atoms with Gasteiger partial charge in [0.05, 0.1) is 22.1 Å². The normalized spacial score (nSPS) is 11.5. The zero-order valence-corrected chi connectivity index (χ0v) is 40.3. The van der Waals surface area contributed by atoms with Crippen LogP contribution in [0.4, 0.5) is 0 Å². The minimum atomic E-state index is 0.919. The molecule has 0 bridgehead atoms. The Balaban J connectivity index is 0.948. The summed E-state index contributed by atoms with van der Waals surface area (Å²) in [6.07, 6.45) is 0. The topological polar surface area (TPSA) is 35.6 Å². The maximum Gasteiger partial charge on any atom is 0.145 e. The summed E-state index contributed by atoms with van der Waals surface area (Å²) in [7, 11) is 0. The van der Waals surface area contributed by atoms with Crippen LogP contribution >= 0.6 is 0 Å². The third kappa shape index (κ3) is 7.39. The van der Waals surface area contributed by atoms with Gasteiger partial charge >= 0.3 is 0 Å². The van der Waals surface area contributed by atoms with Gasteiger partial charge in [0.15, 0.2) is 0 Å². The molecule has 4 heteroatoms. The van der Waals surface area contributed by atoms with Gasteiger partial charge in [0.1, 0.15) is 11.6 Å². The molecule has 2 heterocycles. The van der Waals surface area contributed by atoms with Crippen molar-refractivity contribution in [3.05, 3.63) is 279 Å². The molecule has 0 aliphatic carbocycles. The van der Waals surface area contributed by atoms with Crippen LogP contribution in [0.3, 0.4) is 0 Å². The van der Waals surface area contributed by atoms with E-state index in [0.717, 1.165) is 89.6 Å². The van der Waals surface area contributed by atoms with Gasteiger partial charge in [-0.05, 0) is 138 Å².